The molecule has 0 aliphatic carbocycles. The summed E-state index contributed by atoms with van der Waals surface area (Å²) >= 11 is 9.17. The second-order valence-electron chi connectivity index (χ2n) is 8.19. The quantitative estimate of drug-likeness (QED) is 0.264. The van der Waals surface area contributed by atoms with Gasteiger partial charge in [0.2, 0.25) is 0 Å². The van der Waals surface area contributed by atoms with E-state index < -0.39 is 0 Å². The van der Waals surface area contributed by atoms with Gasteiger partial charge in [-0.25, -0.2) is 14.5 Å². The number of halogens is 1. The second kappa shape index (κ2) is 8.47. The zero-order valence-electron chi connectivity index (χ0n) is 18.6. The smallest absolute Gasteiger partial charge is 0.284 e. The zero-order chi connectivity index (χ0) is 24.3. The summed E-state index contributed by atoms with van der Waals surface area (Å²) in [6.45, 7) is 2.83. The largest absolute Gasteiger partial charge is 0.343 e. The van der Waals surface area contributed by atoms with Crippen molar-refractivity contribution in [3.05, 3.63) is 68.3 Å². The van der Waals surface area contributed by atoms with E-state index in [2.05, 4.69) is 32.0 Å². The van der Waals surface area contributed by atoms with Crippen LogP contribution in [0.3, 0.4) is 0 Å². The topological polar surface area (TPSA) is 117 Å². The highest BCUT2D eigenvalue weighted by atomic mass is 35.5. The van der Waals surface area contributed by atoms with Crippen LogP contribution in [0.15, 0.2) is 62.5 Å². The highest BCUT2D eigenvalue weighted by Crippen LogP contribution is 2.41. The highest BCUT2D eigenvalue weighted by molar-refractivity contribution is 8.00. The summed E-state index contributed by atoms with van der Waals surface area (Å²) in [6, 6.07) is 11.0. The molecule has 1 fully saturated rings. The van der Waals surface area contributed by atoms with E-state index in [0.717, 1.165) is 0 Å². The van der Waals surface area contributed by atoms with Crippen molar-refractivity contribution in [3.8, 4) is 5.69 Å². The first-order chi connectivity index (χ1) is 17.0. The average molecular weight is 527 g/mol. The van der Waals surface area contributed by atoms with Gasteiger partial charge in [-0.3, -0.25) is 24.4 Å². The Morgan fingerprint density at radius 3 is 2.66 bits per heavy atom. The van der Waals surface area contributed by atoms with Gasteiger partial charge in [0.15, 0.2) is 16.0 Å². The van der Waals surface area contributed by atoms with Gasteiger partial charge < -0.3 is 4.90 Å². The van der Waals surface area contributed by atoms with Crippen LogP contribution in [0.5, 0.6) is 0 Å². The first-order valence-corrected chi connectivity index (χ1v) is 13.3. The number of aromatic amines is 2. The van der Waals surface area contributed by atoms with E-state index in [-0.39, 0.29) is 22.4 Å². The van der Waals surface area contributed by atoms with Crippen LogP contribution in [0.1, 0.15) is 6.92 Å². The van der Waals surface area contributed by atoms with Crippen LogP contribution in [0, 0.1) is 5.92 Å². The maximum absolute atomic E-state index is 13.5. The molecule has 2 atom stereocenters. The van der Waals surface area contributed by atoms with Gasteiger partial charge in [0.1, 0.15) is 16.7 Å². The van der Waals surface area contributed by atoms with Crippen LogP contribution in [0.4, 0.5) is 5.82 Å². The van der Waals surface area contributed by atoms with Crippen LogP contribution >= 0.6 is 35.1 Å². The van der Waals surface area contributed by atoms with E-state index in [9.17, 15) is 9.59 Å². The van der Waals surface area contributed by atoms with Crippen LogP contribution < -0.4 is 16.0 Å². The van der Waals surface area contributed by atoms with E-state index in [4.69, 9.17) is 16.7 Å². The SMILES string of the molecule is CSc1nc(N2C[C@H](C)C2Sc2nn3ccc(Cl)c3c(=O)n2-c2ccccc2)c2c(=O)[nH][nH]c2n1. The molecule has 0 saturated carbocycles. The van der Waals surface area contributed by atoms with Crippen LogP contribution in [-0.2, 0) is 0 Å². The Kier molecular flexibility index (Phi) is 5.38. The molecule has 0 bridgehead atoms. The van der Waals surface area contributed by atoms with Gasteiger partial charge in [0, 0.05) is 18.7 Å². The van der Waals surface area contributed by atoms with Crippen LogP contribution in [0.2, 0.25) is 5.02 Å². The summed E-state index contributed by atoms with van der Waals surface area (Å²) < 4.78 is 3.10. The monoisotopic (exact) mass is 526 g/mol. The fourth-order valence-electron chi connectivity index (χ4n) is 4.27. The summed E-state index contributed by atoms with van der Waals surface area (Å²) in [6.07, 6.45) is 3.57. The van der Waals surface area contributed by atoms with E-state index in [0.29, 0.717) is 49.9 Å². The molecule has 2 N–H and O–H groups in total. The van der Waals surface area contributed by atoms with Crippen molar-refractivity contribution in [3.63, 3.8) is 0 Å². The van der Waals surface area contributed by atoms with Crippen molar-refractivity contribution in [2.24, 2.45) is 5.92 Å². The van der Waals surface area contributed by atoms with E-state index in [1.807, 2.05) is 36.6 Å². The molecule has 10 nitrogen and oxygen atoms in total. The molecule has 1 aromatic carbocycles. The van der Waals surface area contributed by atoms with Crippen molar-refractivity contribution < 1.29 is 0 Å². The van der Waals surface area contributed by atoms with E-state index >= 15 is 0 Å². The number of hydrogen-bond donors (Lipinski definition) is 2. The predicted molar refractivity (Wildman–Crippen MR) is 138 cm³/mol. The maximum atomic E-state index is 13.5. The third-order valence-electron chi connectivity index (χ3n) is 5.97. The molecular weight excluding hydrogens is 508 g/mol. The van der Waals surface area contributed by atoms with Gasteiger partial charge >= 0.3 is 0 Å². The lowest BCUT2D eigenvalue weighted by molar-refractivity contribution is 0.407. The lowest BCUT2D eigenvalue weighted by Crippen LogP contribution is -2.54. The van der Waals surface area contributed by atoms with E-state index in [1.165, 1.54) is 28.0 Å². The van der Waals surface area contributed by atoms with Crippen molar-refractivity contribution in [2.75, 3.05) is 17.7 Å². The number of fused-ring (bicyclic) bond motifs is 2. The summed E-state index contributed by atoms with van der Waals surface area (Å²) in [4.78, 5) is 37.2. The van der Waals surface area contributed by atoms with Gasteiger partial charge in [-0.15, -0.1) is 5.10 Å². The number of thioether (sulfide) groups is 2. The molecule has 4 aromatic heterocycles. The molecule has 5 aromatic rings. The average Bonchev–Trinajstić information content (AvgIpc) is 3.43. The molecule has 0 amide bonds. The number of anilines is 1. The standard InChI is InChI=1S/C22H19ClN8O2S2/c1-11-10-29(17-14-16(26-27-18(14)32)24-21(25-17)34-2)20(11)35-22-28-30-9-8-13(23)15(30)19(33)31(22)12-6-4-3-5-7-12/h3-9,11,20H,10H2,1-2H3,(H2,24,25,26,27,32)/t11-,20?/m0/s1. The Morgan fingerprint density at radius 1 is 1.11 bits per heavy atom. The number of nitrogens with one attached hydrogen (secondary N) is 2. The van der Waals surface area contributed by atoms with E-state index in [1.54, 1.807) is 16.8 Å². The number of rotatable bonds is 5. The summed E-state index contributed by atoms with van der Waals surface area (Å²) in [5.41, 5.74) is 0.962. The van der Waals surface area contributed by atoms with Crippen LogP contribution in [0.25, 0.3) is 22.2 Å². The number of para-hydroxylation sites is 1. The lowest BCUT2D eigenvalue weighted by atomic mass is 10.0. The molecule has 6 rings (SSSR count). The minimum Gasteiger partial charge on any atom is -0.343 e. The normalized spacial score (nSPS) is 17.9. The number of hydrogen-bond acceptors (Lipinski definition) is 8. The Labute approximate surface area is 211 Å². The summed E-state index contributed by atoms with van der Waals surface area (Å²) in [7, 11) is 0. The molecule has 1 aliphatic rings. The highest BCUT2D eigenvalue weighted by Gasteiger charge is 2.40. The van der Waals surface area contributed by atoms with Crippen molar-refractivity contribution >= 4 is 57.5 Å². The molecule has 35 heavy (non-hydrogen) atoms. The second-order valence-corrected chi connectivity index (χ2v) is 10.5. The molecule has 0 radical (unpaired) electrons. The zero-order valence-corrected chi connectivity index (χ0v) is 21.0. The Balaban J connectivity index is 1.48. The van der Waals surface area contributed by atoms with Gasteiger partial charge in [-0.05, 0) is 24.5 Å². The number of H-pyrrole nitrogens is 2. The molecule has 0 spiro atoms. The van der Waals surface area contributed by atoms with Gasteiger partial charge in [0.25, 0.3) is 11.1 Å². The third-order valence-corrected chi connectivity index (χ3v) is 8.26. The van der Waals surface area contributed by atoms with Gasteiger partial charge in [-0.2, -0.15) is 0 Å². The predicted octanol–water partition coefficient (Wildman–Crippen LogP) is 3.39. The Hall–Kier alpha value is -3.22. The summed E-state index contributed by atoms with van der Waals surface area (Å²) in [5, 5.41) is 11.9. The van der Waals surface area contributed by atoms with Crippen molar-refractivity contribution in [1.82, 2.24) is 34.3 Å². The molecule has 178 valence electrons. The third kappa shape index (κ3) is 3.55. The van der Waals surface area contributed by atoms with Crippen molar-refractivity contribution in [2.45, 2.75) is 22.6 Å². The van der Waals surface area contributed by atoms with Crippen molar-refractivity contribution in [1.29, 1.82) is 0 Å². The van der Waals surface area contributed by atoms with Crippen LogP contribution in [-0.4, -0.2) is 52.5 Å². The molecule has 1 saturated heterocycles. The van der Waals surface area contributed by atoms with Gasteiger partial charge in [-0.1, -0.05) is 60.2 Å². The molecule has 13 heteroatoms. The number of benzene rings is 1. The molecule has 1 unspecified atom stereocenters. The first-order valence-electron chi connectivity index (χ1n) is 10.8. The molecular formula is C22H19ClN8O2S2. The van der Waals surface area contributed by atoms with Gasteiger partial charge in [0.05, 0.1) is 16.1 Å². The Morgan fingerprint density at radius 2 is 1.91 bits per heavy atom. The fourth-order valence-corrected chi connectivity index (χ4v) is 6.13. The minimum absolute atomic E-state index is 0.109. The number of aromatic nitrogens is 7. The minimum atomic E-state index is -0.270. The maximum Gasteiger partial charge on any atom is 0.284 e. The fraction of sp³-hybridized carbons (Fsp3) is 0.227. The Bertz CT molecular complexity index is 1690. The lowest BCUT2D eigenvalue weighted by Gasteiger charge is -2.46. The first kappa shape index (κ1) is 22.3. The summed E-state index contributed by atoms with van der Waals surface area (Å²) in [5.74, 6) is 0.821. The number of nitrogens with zero attached hydrogens (tertiary/aromatic N) is 6. The molecule has 1 aliphatic heterocycles. The molecule has 5 heterocycles.